The summed E-state index contributed by atoms with van der Waals surface area (Å²) < 4.78 is 5.41. The number of para-hydroxylation sites is 1. The van der Waals surface area contributed by atoms with Crippen LogP contribution in [0.4, 0.5) is 0 Å². The average Bonchev–Trinajstić information content (AvgIpc) is 2.75. The second-order valence-corrected chi connectivity index (χ2v) is 4.48. The molecular formula is C15H16N2O3. The summed E-state index contributed by atoms with van der Waals surface area (Å²) in [5.74, 6) is 1.01. The van der Waals surface area contributed by atoms with Crippen molar-refractivity contribution in [2.45, 2.75) is 20.8 Å². The molecule has 0 aliphatic heterocycles. The van der Waals surface area contributed by atoms with Crippen molar-refractivity contribution in [1.29, 1.82) is 0 Å². The van der Waals surface area contributed by atoms with E-state index in [1.807, 2.05) is 19.9 Å². The quantitative estimate of drug-likeness (QED) is 0.666. The SMILES string of the molecule is C/C(=N/NC(=O)c1ccccc1O)c1cc(C)oc1C. The van der Waals surface area contributed by atoms with Crippen LogP contribution in [-0.2, 0) is 0 Å². The number of phenolic OH excluding ortho intramolecular Hbond substituents is 1. The van der Waals surface area contributed by atoms with E-state index in [1.165, 1.54) is 12.1 Å². The zero-order chi connectivity index (χ0) is 14.7. The summed E-state index contributed by atoms with van der Waals surface area (Å²) in [6, 6.07) is 8.17. The van der Waals surface area contributed by atoms with Crippen molar-refractivity contribution in [1.82, 2.24) is 5.43 Å². The Bertz CT molecular complexity index is 672. The number of benzene rings is 1. The molecule has 0 spiro atoms. The molecular weight excluding hydrogens is 256 g/mol. The van der Waals surface area contributed by atoms with Crippen molar-refractivity contribution in [2.24, 2.45) is 5.10 Å². The number of carbonyl (C=O) groups excluding carboxylic acids is 1. The third kappa shape index (κ3) is 2.88. The number of hydrogen-bond acceptors (Lipinski definition) is 4. The van der Waals surface area contributed by atoms with Crippen LogP contribution in [0.5, 0.6) is 5.75 Å². The first kappa shape index (κ1) is 13.9. The van der Waals surface area contributed by atoms with Crippen molar-refractivity contribution in [3.05, 3.63) is 53.0 Å². The van der Waals surface area contributed by atoms with E-state index in [4.69, 9.17) is 4.42 Å². The minimum Gasteiger partial charge on any atom is -0.507 e. The van der Waals surface area contributed by atoms with Gasteiger partial charge < -0.3 is 9.52 Å². The number of phenols is 1. The molecule has 0 fully saturated rings. The molecule has 0 saturated heterocycles. The molecule has 2 N–H and O–H groups in total. The number of nitrogens with one attached hydrogen (secondary N) is 1. The molecule has 0 aliphatic rings. The molecule has 0 atom stereocenters. The highest BCUT2D eigenvalue weighted by atomic mass is 16.3. The molecule has 1 aromatic heterocycles. The first-order valence-electron chi connectivity index (χ1n) is 6.19. The molecule has 0 aliphatic carbocycles. The number of aromatic hydroxyl groups is 1. The number of furan rings is 1. The van der Waals surface area contributed by atoms with E-state index in [-0.39, 0.29) is 11.3 Å². The summed E-state index contributed by atoms with van der Waals surface area (Å²) in [6.07, 6.45) is 0. The highest BCUT2D eigenvalue weighted by Gasteiger charge is 2.11. The normalized spacial score (nSPS) is 11.4. The maximum atomic E-state index is 11.9. The standard InChI is InChI=1S/C15H16N2O3/c1-9-8-13(11(3)20-9)10(2)16-17-15(19)12-6-4-5-7-14(12)18/h4-8,18H,1-3H3,(H,17,19)/b16-10-. The molecule has 1 amide bonds. The summed E-state index contributed by atoms with van der Waals surface area (Å²) >= 11 is 0. The Morgan fingerprint density at radius 1 is 1.25 bits per heavy atom. The zero-order valence-electron chi connectivity index (χ0n) is 11.6. The van der Waals surface area contributed by atoms with Crippen LogP contribution in [0.2, 0.25) is 0 Å². The van der Waals surface area contributed by atoms with Gasteiger partial charge in [-0.1, -0.05) is 12.1 Å². The predicted molar refractivity (Wildman–Crippen MR) is 76.0 cm³/mol. The highest BCUT2D eigenvalue weighted by Crippen LogP contribution is 2.16. The Morgan fingerprint density at radius 3 is 2.55 bits per heavy atom. The Morgan fingerprint density at radius 2 is 1.95 bits per heavy atom. The molecule has 0 unspecified atom stereocenters. The molecule has 104 valence electrons. The van der Waals surface area contributed by atoms with Crippen LogP contribution in [0.25, 0.3) is 0 Å². The van der Waals surface area contributed by atoms with Gasteiger partial charge in [-0.15, -0.1) is 0 Å². The van der Waals surface area contributed by atoms with Crippen molar-refractivity contribution in [2.75, 3.05) is 0 Å². The van der Waals surface area contributed by atoms with Crippen molar-refractivity contribution in [3.63, 3.8) is 0 Å². The first-order valence-corrected chi connectivity index (χ1v) is 6.19. The molecule has 20 heavy (non-hydrogen) atoms. The molecule has 5 heteroatoms. The predicted octanol–water partition coefficient (Wildman–Crippen LogP) is 2.76. The molecule has 1 aromatic carbocycles. The number of hydrazone groups is 1. The van der Waals surface area contributed by atoms with E-state index in [2.05, 4.69) is 10.5 Å². The minimum absolute atomic E-state index is 0.0758. The number of aryl methyl sites for hydroxylation is 2. The smallest absolute Gasteiger partial charge is 0.275 e. The van der Waals surface area contributed by atoms with Crippen molar-refractivity contribution >= 4 is 11.6 Å². The zero-order valence-corrected chi connectivity index (χ0v) is 11.6. The number of amides is 1. The topological polar surface area (TPSA) is 74.8 Å². The van der Waals surface area contributed by atoms with Gasteiger partial charge >= 0.3 is 0 Å². The maximum Gasteiger partial charge on any atom is 0.275 e. The monoisotopic (exact) mass is 272 g/mol. The Labute approximate surface area is 116 Å². The van der Waals surface area contributed by atoms with Crippen LogP contribution >= 0.6 is 0 Å². The van der Waals surface area contributed by atoms with Crippen LogP contribution in [0.1, 0.15) is 34.4 Å². The van der Waals surface area contributed by atoms with Gasteiger partial charge in [-0.05, 0) is 39.0 Å². The first-order chi connectivity index (χ1) is 9.49. The number of hydrogen-bond donors (Lipinski definition) is 2. The highest BCUT2D eigenvalue weighted by molar-refractivity contribution is 6.02. The van der Waals surface area contributed by atoms with Gasteiger partial charge in [-0.3, -0.25) is 4.79 Å². The second-order valence-electron chi connectivity index (χ2n) is 4.48. The van der Waals surface area contributed by atoms with Crippen LogP contribution in [0, 0.1) is 13.8 Å². The van der Waals surface area contributed by atoms with Gasteiger partial charge in [0.1, 0.15) is 17.3 Å². The van der Waals surface area contributed by atoms with Gasteiger partial charge in [-0.2, -0.15) is 5.10 Å². The number of carbonyl (C=O) groups is 1. The average molecular weight is 272 g/mol. The molecule has 0 bridgehead atoms. The third-order valence-electron chi connectivity index (χ3n) is 2.90. The fourth-order valence-corrected chi connectivity index (χ4v) is 1.91. The van der Waals surface area contributed by atoms with Gasteiger partial charge in [0.15, 0.2) is 0 Å². The lowest BCUT2D eigenvalue weighted by atomic mass is 10.2. The van der Waals surface area contributed by atoms with Crippen molar-refractivity contribution < 1.29 is 14.3 Å². The molecule has 1 heterocycles. The lowest BCUT2D eigenvalue weighted by Gasteiger charge is -2.03. The van der Waals surface area contributed by atoms with Crippen LogP contribution in [0.3, 0.4) is 0 Å². The minimum atomic E-state index is -0.458. The summed E-state index contributed by atoms with van der Waals surface area (Å²) in [5, 5.41) is 13.6. The third-order valence-corrected chi connectivity index (χ3v) is 2.90. The van der Waals surface area contributed by atoms with E-state index in [0.717, 1.165) is 17.1 Å². The summed E-state index contributed by atoms with van der Waals surface area (Å²) in [7, 11) is 0. The van der Waals surface area contributed by atoms with E-state index in [0.29, 0.717) is 5.71 Å². The van der Waals surface area contributed by atoms with Gasteiger partial charge in [0, 0.05) is 5.56 Å². The Hall–Kier alpha value is -2.56. The molecule has 2 aromatic rings. The van der Waals surface area contributed by atoms with Gasteiger partial charge in [0.25, 0.3) is 5.91 Å². The Balaban J connectivity index is 2.15. The number of nitrogens with zero attached hydrogens (tertiary/aromatic N) is 1. The summed E-state index contributed by atoms with van der Waals surface area (Å²) in [5.41, 5.74) is 4.10. The van der Waals surface area contributed by atoms with E-state index in [9.17, 15) is 9.90 Å². The van der Waals surface area contributed by atoms with Crippen LogP contribution in [-0.4, -0.2) is 16.7 Å². The van der Waals surface area contributed by atoms with Gasteiger partial charge in [0.05, 0.1) is 11.3 Å². The molecule has 0 radical (unpaired) electrons. The van der Waals surface area contributed by atoms with Crippen LogP contribution in [0.15, 0.2) is 39.9 Å². The van der Waals surface area contributed by atoms with Gasteiger partial charge in [-0.25, -0.2) is 5.43 Å². The largest absolute Gasteiger partial charge is 0.507 e. The van der Waals surface area contributed by atoms with E-state index in [1.54, 1.807) is 19.1 Å². The maximum absolute atomic E-state index is 11.9. The molecule has 5 nitrogen and oxygen atoms in total. The fraction of sp³-hybridized carbons (Fsp3) is 0.200. The van der Waals surface area contributed by atoms with Crippen molar-refractivity contribution in [3.8, 4) is 5.75 Å². The molecule has 2 rings (SSSR count). The lowest BCUT2D eigenvalue weighted by molar-refractivity contribution is 0.0952. The van der Waals surface area contributed by atoms with E-state index >= 15 is 0 Å². The van der Waals surface area contributed by atoms with Gasteiger partial charge in [0.2, 0.25) is 0 Å². The number of rotatable bonds is 3. The summed E-state index contributed by atoms with van der Waals surface area (Å²) in [4.78, 5) is 11.9. The second kappa shape index (κ2) is 5.61. The fourth-order valence-electron chi connectivity index (χ4n) is 1.91. The van der Waals surface area contributed by atoms with Crippen LogP contribution < -0.4 is 5.43 Å². The summed E-state index contributed by atoms with van der Waals surface area (Å²) in [6.45, 7) is 5.47. The molecule has 0 saturated carbocycles. The van der Waals surface area contributed by atoms with E-state index < -0.39 is 5.91 Å². The Kier molecular flexibility index (Phi) is 3.89. The lowest BCUT2D eigenvalue weighted by Crippen LogP contribution is -2.19.